The Bertz CT molecular complexity index is 1630. The van der Waals surface area contributed by atoms with Crippen LogP contribution in [-0.2, 0) is 0 Å². The normalized spacial score (nSPS) is 10.8. The van der Waals surface area contributed by atoms with Crippen LogP contribution in [0.2, 0.25) is 0 Å². The van der Waals surface area contributed by atoms with Crippen LogP contribution in [0, 0.1) is 0 Å². The van der Waals surface area contributed by atoms with Crippen LogP contribution in [0.25, 0.3) is 56.2 Å². The summed E-state index contributed by atoms with van der Waals surface area (Å²) >= 11 is 3.51. The Labute approximate surface area is 225 Å². The first-order valence-corrected chi connectivity index (χ1v) is 13.0. The Hall–Kier alpha value is -4.34. The van der Waals surface area contributed by atoms with Gasteiger partial charge in [0.15, 0.2) is 5.82 Å². The number of benzene rings is 5. The molecule has 176 valence electrons. The molecule has 0 saturated heterocycles. The number of aromatic nitrogens is 2. The molecule has 0 aliphatic heterocycles. The Morgan fingerprint density at radius 1 is 0.351 bits per heavy atom. The number of nitrogens with zero attached hydrogens (tertiary/aromatic N) is 2. The van der Waals surface area contributed by atoms with Crippen molar-refractivity contribution in [1.29, 1.82) is 0 Å². The fourth-order valence-electron chi connectivity index (χ4n) is 4.40. The minimum atomic E-state index is 0.714. The summed E-state index contributed by atoms with van der Waals surface area (Å²) in [5.41, 5.74) is 9.65. The minimum absolute atomic E-state index is 0.714. The quantitative estimate of drug-likeness (QED) is 0.218. The molecule has 6 rings (SSSR count). The second-order valence-electron chi connectivity index (χ2n) is 8.86. The molecule has 0 bridgehead atoms. The highest BCUT2D eigenvalue weighted by atomic mass is 79.9. The highest BCUT2D eigenvalue weighted by Crippen LogP contribution is 2.30. The maximum absolute atomic E-state index is 5.00. The number of hydrogen-bond donors (Lipinski definition) is 0. The topological polar surface area (TPSA) is 25.8 Å². The van der Waals surface area contributed by atoms with Gasteiger partial charge in [0.2, 0.25) is 0 Å². The Morgan fingerprint density at radius 2 is 0.703 bits per heavy atom. The van der Waals surface area contributed by atoms with Gasteiger partial charge >= 0.3 is 0 Å². The van der Waals surface area contributed by atoms with Crippen molar-refractivity contribution in [2.24, 2.45) is 0 Å². The van der Waals surface area contributed by atoms with E-state index in [1.807, 2.05) is 24.3 Å². The van der Waals surface area contributed by atoms with Crippen molar-refractivity contribution < 1.29 is 0 Å². The first kappa shape index (κ1) is 23.1. The summed E-state index contributed by atoms with van der Waals surface area (Å²) in [6, 6.07) is 48.2. The number of rotatable bonds is 5. The van der Waals surface area contributed by atoms with E-state index in [0.29, 0.717) is 5.82 Å². The van der Waals surface area contributed by atoms with Gasteiger partial charge in [0, 0.05) is 21.2 Å². The highest BCUT2D eigenvalue weighted by molar-refractivity contribution is 9.10. The van der Waals surface area contributed by atoms with Crippen molar-refractivity contribution in [2.75, 3.05) is 0 Å². The molecule has 0 fully saturated rings. The Morgan fingerprint density at radius 3 is 1.22 bits per heavy atom. The molecule has 2 nitrogen and oxygen atoms in total. The lowest BCUT2D eigenvalue weighted by atomic mass is 10.0. The molecular formula is C34H23BrN2. The fraction of sp³-hybridized carbons (Fsp3) is 0. The second-order valence-corrected chi connectivity index (χ2v) is 9.77. The molecule has 0 spiro atoms. The van der Waals surface area contributed by atoms with E-state index >= 15 is 0 Å². The summed E-state index contributed by atoms with van der Waals surface area (Å²) in [4.78, 5) is 9.96. The summed E-state index contributed by atoms with van der Waals surface area (Å²) < 4.78 is 1.07. The SMILES string of the molecule is Brc1ccc(-c2ccc(-c3nc(-c4ccccc4)cc(-c4ccc(-c5ccccc5)cc4)n3)cc2)cc1. The van der Waals surface area contributed by atoms with E-state index in [4.69, 9.17) is 9.97 Å². The van der Waals surface area contributed by atoms with Gasteiger partial charge in [0.25, 0.3) is 0 Å². The van der Waals surface area contributed by atoms with Crippen molar-refractivity contribution in [1.82, 2.24) is 9.97 Å². The van der Waals surface area contributed by atoms with Crippen LogP contribution in [0.3, 0.4) is 0 Å². The van der Waals surface area contributed by atoms with Crippen LogP contribution in [0.15, 0.2) is 144 Å². The first-order chi connectivity index (χ1) is 18.2. The van der Waals surface area contributed by atoms with Gasteiger partial charge in [0.1, 0.15) is 0 Å². The molecule has 0 aliphatic carbocycles. The lowest BCUT2D eigenvalue weighted by Crippen LogP contribution is -1.96. The van der Waals surface area contributed by atoms with Gasteiger partial charge in [-0.05, 0) is 40.5 Å². The molecule has 6 aromatic rings. The first-order valence-electron chi connectivity index (χ1n) is 12.2. The zero-order chi connectivity index (χ0) is 25.0. The molecule has 0 atom stereocenters. The summed E-state index contributed by atoms with van der Waals surface area (Å²) in [5.74, 6) is 0.714. The van der Waals surface area contributed by atoms with E-state index in [2.05, 4.69) is 131 Å². The number of halogens is 1. The highest BCUT2D eigenvalue weighted by Gasteiger charge is 2.11. The molecule has 0 unspecified atom stereocenters. The summed E-state index contributed by atoms with van der Waals surface area (Å²) in [6.07, 6.45) is 0. The summed E-state index contributed by atoms with van der Waals surface area (Å²) in [6.45, 7) is 0. The van der Waals surface area contributed by atoms with Crippen molar-refractivity contribution in [3.63, 3.8) is 0 Å². The number of hydrogen-bond acceptors (Lipinski definition) is 2. The minimum Gasteiger partial charge on any atom is -0.228 e. The van der Waals surface area contributed by atoms with Gasteiger partial charge in [0.05, 0.1) is 11.4 Å². The molecule has 37 heavy (non-hydrogen) atoms. The van der Waals surface area contributed by atoms with Gasteiger partial charge in [-0.3, -0.25) is 0 Å². The van der Waals surface area contributed by atoms with E-state index in [0.717, 1.165) is 38.1 Å². The standard InChI is InChI=1S/C34H23BrN2/c35-31-21-19-27(20-22-31)26-13-17-30(18-14-26)34-36-32(28-9-5-2-6-10-28)23-33(37-34)29-15-11-25(12-16-29)24-7-3-1-4-8-24/h1-23H. The van der Waals surface area contributed by atoms with Gasteiger partial charge in [-0.1, -0.05) is 137 Å². The van der Waals surface area contributed by atoms with Gasteiger partial charge < -0.3 is 0 Å². The molecule has 0 amide bonds. The lowest BCUT2D eigenvalue weighted by Gasteiger charge is -2.11. The van der Waals surface area contributed by atoms with Crippen LogP contribution in [0.5, 0.6) is 0 Å². The largest absolute Gasteiger partial charge is 0.228 e. The van der Waals surface area contributed by atoms with E-state index < -0.39 is 0 Å². The second kappa shape index (κ2) is 10.3. The average Bonchev–Trinajstić information content (AvgIpc) is 2.98. The maximum atomic E-state index is 5.00. The van der Waals surface area contributed by atoms with Crippen LogP contribution in [0.1, 0.15) is 0 Å². The molecular weight excluding hydrogens is 516 g/mol. The lowest BCUT2D eigenvalue weighted by molar-refractivity contribution is 1.18. The molecule has 5 aromatic carbocycles. The van der Waals surface area contributed by atoms with Crippen LogP contribution in [0.4, 0.5) is 0 Å². The third-order valence-corrected chi connectivity index (χ3v) is 6.93. The fourth-order valence-corrected chi connectivity index (χ4v) is 4.66. The van der Waals surface area contributed by atoms with Crippen LogP contribution >= 0.6 is 15.9 Å². The average molecular weight is 539 g/mol. The van der Waals surface area contributed by atoms with Crippen LogP contribution in [-0.4, -0.2) is 9.97 Å². The molecule has 0 aliphatic rings. The van der Waals surface area contributed by atoms with Crippen molar-refractivity contribution in [2.45, 2.75) is 0 Å². The predicted molar refractivity (Wildman–Crippen MR) is 157 cm³/mol. The van der Waals surface area contributed by atoms with Crippen molar-refractivity contribution in [3.05, 3.63) is 144 Å². The molecule has 1 aromatic heterocycles. The third-order valence-electron chi connectivity index (χ3n) is 6.40. The van der Waals surface area contributed by atoms with E-state index in [-0.39, 0.29) is 0 Å². The van der Waals surface area contributed by atoms with Gasteiger partial charge in [-0.25, -0.2) is 9.97 Å². The maximum Gasteiger partial charge on any atom is 0.160 e. The molecule has 1 heterocycles. The molecule has 0 radical (unpaired) electrons. The zero-order valence-corrected chi connectivity index (χ0v) is 21.6. The predicted octanol–water partition coefficient (Wildman–Crippen LogP) is 9.57. The molecule has 0 N–H and O–H groups in total. The summed E-state index contributed by atoms with van der Waals surface area (Å²) in [7, 11) is 0. The van der Waals surface area contributed by atoms with E-state index in [1.54, 1.807) is 0 Å². The van der Waals surface area contributed by atoms with E-state index in [1.165, 1.54) is 16.7 Å². The van der Waals surface area contributed by atoms with E-state index in [9.17, 15) is 0 Å². The molecule has 3 heteroatoms. The van der Waals surface area contributed by atoms with Crippen molar-refractivity contribution >= 4 is 15.9 Å². The molecule has 0 saturated carbocycles. The van der Waals surface area contributed by atoms with Crippen LogP contribution < -0.4 is 0 Å². The summed E-state index contributed by atoms with van der Waals surface area (Å²) in [5, 5.41) is 0. The van der Waals surface area contributed by atoms with Gasteiger partial charge in [-0.15, -0.1) is 0 Å². The Balaban J connectivity index is 1.40. The third kappa shape index (κ3) is 5.13. The Kier molecular flexibility index (Phi) is 6.45. The van der Waals surface area contributed by atoms with Gasteiger partial charge in [-0.2, -0.15) is 0 Å². The van der Waals surface area contributed by atoms with Crippen molar-refractivity contribution in [3.8, 4) is 56.2 Å². The monoisotopic (exact) mass is 538 g/mol. The smallest absolute Gasteiger partial charge is 0.160 e. The zero-order valence-electron chi connectivity index (χ0n) is 20.1.